The number of rotatable bonds is 6. The van der Waals surface area contributed by atoms with Gasteiger partial charge in [-0.1, -0.05) is 54.2 Å². The van der Waals surface area contributed by atoms with E-state index in [2.05, 4.69) is 20.2 Å². The maximum Gasteiger partial charge on any atom is 0.258 e. The molecule has 2 heterocycles. The van der Waals surface area contributed by atoms with Gasteiger partial charge < -0.3 is 9.72 Å². The van der Waals surface area contributed by atoms with Crippen molar-refractivity contribution in [2.45, 2.75) is 17.3 Å². The molecule has 33 heavy (non-hydrogen) atoms. The highest BCUT2D eigenvalue weighted by Gasteiger charge is 2.20. The van der Waals surface area contributed by atoms with Gasteiger partial charge in [-0.3, -0.25) is 9.36 Å². The Morgan fingerprint density at radius 3 is 2.42 bits per heavy atom. The van der Waals surface area contributed by atoms with Gasteiger partial charge in [-0.05, 0) is 43.3 Å². The van der Waals surface area contributed by atoms with E-state index in [-0.39, 0.29) is 10.8 Å². The molecule has 0 aliphatic rings. The fourth-order valence-corrected chi connectivity index (χ4v) is 4.52. The molecular formula is C25H21N5O2S. The molecule has 1 atom stereocenters. The van der Waals surface area contributed by atoms with Crippen molar-refractivity contribution >= 4 is 22.7 Å². The van der Waals surface area contributed by atoms with Gasteiger partial charge in [-0.25, -0.2) is 4.98 Å². The maximum atomic E-state index is 12.5. The first kappa shape index (κ1) is 21.0. The van der Waals surface area contributed by atoms with Gasteiger partial charge in [0.25, 0.3) is 5.56 Å². The SMILES string of the molecule is COc1ccc(-n2c(SC(C)c3nc4ccccc4c(=O)[nH]3)nnc2-c2ccccc2)cc1. The average molecular weight is 456 g/mol. The van der Waals surface area contributed by atoms with Crippen LogP contribution in [0.3, 0.4) is 0 Å². The third-order valence-corrected chi connectivity index (χ3v) is 6.35. The summed E-state index contributed by atoms with van der Waals surface area (Å²) in [5, 5.41) is 10.1. The Labute approximate surface area is 194 Å². The van der Waals surface area contributed by atoms with E-state index in [9.17, 15) is 4.79 Å². The highest BCUT2D eigenvalue weighted by molar-refractivity contribution is 7.99. The normalized spacial score (nSPS) is 12.1. The number of para-hydroxylation sites is 1. The van der Waals surface area contributed by atoms with Crippen molar-refractivity contribution in [1.82, 2.24) is 24.7 Å². The number of hydrogen-bond donors (Lipinski definition) is 1. The number of nitrogens with one attached hydrogen (secondary N) is 1. The highest BCUT2D eigenvalue weighted by Crippen LogP contribution is 2.36. The molecule has 7 nitrogen and oxygen atoms in total. The van der Waals surface area contributed by atoms with Crippen molar-refractivity contribution in [3.8, 4) is 22.8 Å². The molecule has 0 radical (unpaired) electrons. The lowest BCUT2D eigenvalue weighted by molar-refractivity contribution is 0.414. The lowest BCUT2D eigenvalue weighted by Crippen LogP contribution is -2.13. The second-order valence-corrected chi connectivity index (χ2v) is 8.74. The lowest BCUT2D eigenvalue weighted by atomic mass is 10.2. The summed E-state index contributed by atoms with van der Waals surface area (Å²) in [6.45, 7) is 1.99. The number of aromatic nitrogens is 5. The Bertz CT molecular complexity index is 1460. The van der Waals surface area contributed by atoms with Gasteiger partial charge in [0, 0.05) is 11.3 Å². The van der Waals surface area contributed by atoms with Crippen LogP contribution in [0, 0.1) is 0 Å². The largest absolute Gasteiger partial charge is 0.497 e. The van der Waals surface area contributed by atoms with E-state index < -0.39 is 0 Å². The third kappa shape index (κ3) is 4.12. The Morgan fingerprint density at radius 2 is 1.67 bits per heavy atom. The molecule has 164 valence electrons. The standard InChI is InChI=1S/C25H21N5O2S/c1-16(22-26-21-11-7-6-10-20(21)24(31)27-22)33-25-29-28-23(17-8-4-3-5-9-17)30(25)18-12-14-19(32-2)15-13-18/h3-16H,1-2H3,(H,26,27,31). The van der Waals surface area contributed by atoms with Crippen molar-refractivity contribution in [3.05, 3.63) is 95.0 Å². The van der Waals surface area contributed by atoms with Crippen LogP contribution in [0.15, 0.2) is 88.8 Å². The summed E-state index contributed by atoms with van der Waals surface area (Å²) in [5.41, 5.74) is 2.39. The molecule has 0 amide bonds. The summed E-state index contributed by atoms with van der Waals surface area (Å²) in [5.74, 6) is 2.10. The fourth-order valence-electron chi connectivity index (χ4n) is 3.60. The molecule has 1 N–H and O–H groups in total. The molecule has 8 heteroatoms. The van der Waals surface area contributed by atoms with Gasteiger partial charge in [0.05, 0.1) is 23.3 Å². The number of aromatic amines is 1. The first-order valence-electron chi connectivity index (χ1n) is 10.4. The van der Waals surface area contributed by atoms with E-state index in [0.717, 1.165) is 22.8 Å². The average Bonchev–Trinajstić information content (AvgIpc) is 3.28. The minimum Gasteiger partial charge on any atom is -0.497 e. The van der Waals surface area contributed by atoms with Gasteiger partial charge in [-0.2, -0.15) is 0 Å². The van der Waals surface area contributed by atoms with E-state index in [1.807, 2.05) is 84.3 Å². The number of nitrogens with zero attached hydrogens (tertiary/aromatic N) is 4. The van der Waals surface area contributed by atoms with Gasteiger partial charge in [0.2, 0.25) is 0 Å². The number of benzene rings is 3. The predicted molar refractivity (Wildman–Crippen MR) is 130 cm³/mol. The van der Waals surface area contributed by atoms with Gasteiger partial charge in [0.15, 0.2) is 11.0 Å². The maximum absolute atomic E-state index is 12.5. The first-order chi connectivity index (χ1) is 16.1. The topological polar surface area (TPSA) is 85.7 Å². The monoisotopic (exact) mass is 455 g/mol. The quantitative estimate of drug-likeness (QED) is 0.361. The van der Waals surface area contributed by atoms with Crippen LogP contribution >= 0.6 is 11.8 Å². The minimum atomic E-state index is -0.160. The van der Waals surface area contributed by atoms with E-state index in [0.29, 0.717) is 21.9 Å². The molecule has 5 aromatic rings. The molecule has 2 aromatic heterocycles. The Kier molecular flexibility index (Phi) is 5.66. The zero-order valence-electron chi connectivity index (χ0n) is 18.1. The molecule has 0 saturated heterocycles. The molecule has 0 bridgehead atoms. The second kappa shape index (κ2) is 8.91. The molecular weight excluding hydrogens is 434 g/mol. The molecule has 0 saturated carbocycles. The van der Waals surface area contributed by atoms with Crippen LogP contribution in [0.5, 0.6) is 5.75 Å². The van der Waals surface area contributed by atoms with Crippen LogP contribution < -0.4 is 10.3 Å². The summed E-state index contributed by atoms with van der Waals surface area (Å²) in [6.07, 6.45) is 0. The molecule has 1 unspecified atom stereocenters. The number of thioether (sulfide) groups is 1. The van der Waals surface area contributed by atoms with Gasteiger partial charge >= 0.3 is 0 Å². The second-order valence-electron chi connectivity index (χ2n) is 7.43. The van der Waals surface area contributed by atoms with Crippen molar-refractivity contribution in [2.75, 3.05) is 7.11 Å². The molecule has 0 spiro atoms. The van der Waals surface area contributed by atoms with Crippen molar-refractivity contribution in [3.63, 3.8) is 0 Å². The zero-order valence-corrected chi connectivity index (χ0v) is 18.9. The van der Waals surface area contributed by atoms with Crippen LogP contribution in [-0.4, -0.2) is 31.8 Å². The van der Waals surface area contributed by atoms with Crippen LogP contribution in [0.2, 0.25) is 0 Å². The Balaban J connectivity index is 1.56. The fraction of sp³-hybridized carbons (Fsp3) is 0.120. The van der Waals surface area contributed by atoms with Crippen LogP contribution in [0.4, 0.5) is 0 Å². The molecule has 5 rings (SSSR count). The number of methoxy groups -OCH3 is 1. The Morgan fingerprint density at radius 1 is 0.939 bits per heavy atom. The van der Waals surface area contributed by atoms with Crippen molar-refractivity contribution < 1.29 is 4.74 Å². The number of fused-ring (bicyclic) bond motifs is 1. The summed E-state index contributed by atoms with van der Waals surface area (Å²) in [6, 6.07) is 25.0. The zero-order chi connectivity index (χ0) is 22.8. The minimum absolute atomic E-state index is 0.148. The van der Waals surface area contributed by atoms with Gasteiger partial charge in [0.1, 0.15) is 11.6 Å². The molecule has 0 aliphatic carbocycles. The predicted octanol–water partition coefficient (Wildman–Crippen LogP) is 5.03. The number of hydrogen-bond acceptors (Lipinski definition) is 6. The Hall–Kier alpha value is -3.91. The van der Waals surface area contributed by atoms with E-state index >= 15 is 0 Å². The van der Waals surface area contributed by atoms with Gasteiger partial charge in [-0.15, -0.1) is 10.2 Å². The first-order valence-corrected chi connectivity index (χ1v) is 11.3. The molecule has 3 aromatic carbocycles. The lowest BCUT2D eigenvalue weighted by Gasteiger charge is -2.14. The summed E-state index contributed by atoms with van der Waals surface area (Å²) < 4.78 is 7.32. The van der Waals surface area contributed by atoms with Crippen LogP contribution in [-0.2, 0) is 0 Å². The summed E-state index contributed by atoms with van der Waals surface area (Å²) >= 11 is 1.49. The number of H-pyrrole nitrogens is 1. The third-order valence-electron chi connectivity index (χ3n) is 5.29. The smallest absolute Gasteiger partial charge is 0.258 e. The number of ether oxygens (including phenoxy) is 1. The van der Waals surface area contributed by atoms with E-state index in [1.54, 1.807) is 13.2 Å². The summed E-state index contributed by atoms with van der Waals surface area (Å²) in [4.78, 5) is 20.1. The van der Waals surface area contributed by atoms with Crippen LogP contribution in [0.1, 0.15) is 18.0 Å². The van der Waals surface area contributed by atoms with E-state index in [4.69, 9.17) is 4.74 Å². The summed E-state index contributed by atoms with van der Waals surface area (Å²) in [7, 11) is 1.64. The van der Waals surface area contributed by atoms with Crippen LogP contribution in [0.25, 0.3) is 28.0 Å². The van der Waals surface area contributed by atoms with E-state index in [1.165, 1.54) is 11.8 Å². The molecule has 0 aliphatic heterocycles. The molecule has 0 fully saturated rings. The van der Waals surface area contributed by atoms with Crippen molar-refractivity contribution in [2.24, 2.45) is 0 Å². The highest BCUT2D eigenvalue weighted by atomic mass is 32.2. The van der Waals surface area contributed by atoms with Crippen molar-refractivity contribution in [1.29, 1.82) is 0 Å².